The third kappa shape index (κ3) is 3.61. The van der Waals surface area contributed by atoms with Crippen LogP contribution in [0, 0.1) is 5.82 Å². The number of amides is 1. The summed E-state index contributed by atoms with van der Waals surface area (Å²) in [5.74, 6) is -0.830. The van der Waals surface area contributed by atoms with Crippen molar-refractivity contribution in [3.05, 3.63) is 42.1 Å². The van der Waals surface area contributed by atoms with Crippen LogP contribution >= 0.6 is 0 Å². The van der Waals surface area contributed by atoms with Crippen LogP contribution in [-0.2, 0) is 7.05 Å². The molecule has 2 heterocycles. The number of nitrogens with one attached hydrogen (secondary N) is 2. The molecule has 9 heteroatoms. The lowest BCUT2D eigenvalue weighted by Gasteiger charge is -2.31. The molecule has 2 atom stereocenters. The fraction of sp³-hybridized carbons (Fsp3) is 0.350. The Bertz CT molecular complexity index is 1060. The van der Waals surface area contributed by atoms with Crippen LogP contribution in [0.5, 0.6) is 0 Å². The molecule has 1 amide bonds. The number of carbonyl (C=O) groups excluding carboxylic acids is 1. The lowest BCUT2D eigenvalue weighted by Crippen LogP contribution is -2.42. The van der Waals surface area contributed by atoms with Crippen LogP contribution in [-0.4, -0.2) is 32.5 Å². The summed E-state index contributed by atoms with van der Waals surface area (Å²) in [5.41, 5.74) is 13.5. The molecule has 1 aliphatic rings. The maximum atomic E-state index is 15.5. The highest BCUT2D eigenvalue weighted by Crippen LogP contribution is 2.36. The van der Waals surface area contributed by atoms with Gasteiger partial charge in [-0.15, -0.1) is 0 Å². The third-order valence-electron chi connectivity index (χ3n) is 5.44. The molecule has 6 N–H and O–H groups in total. The summed E-state index contributed by atoms with van der Waals surface area (Å²) in [4.78, 5) is 20.2. The molecule has 4 rings (SSSR count). The second-order valence-corrected chi connectivity index (χ2v) is 7.42. The van der Waals surface area contributed by atoms with Gasteiger partial charge < -0.3 is 26.7 Å². The average Bonchev–Trinajstić information content (AvgIpc) is 3.07. The molecule has 3 aromatic rings. The number of imidazole rings is 1. The standard InChI is InChI=1S/C20H24FN7O/c1-28-10-25-18-15(28)9-14(27-20-11(19(23)29)5-4-8-24-20)17(16(18)21)26-13-7-3-2-6-12(13)22/h4-5,8-10,12-13,26H,2-3,6-7,22H2,1H3,(H2,23,29)(H,24,27). The number of aryl methyl sites for hydroxylation is 1. The minimum absolute atomic E-state index is 0.0562. The van der Waals surface area contributed by atoms with E-state index in [-0.39, 0.29) is 34.7 Å². The number of fused-ring (bicyclic) bond motifs is 1. The van der Waals surface area contributed by atoms with Gasteiger partial charge in [0.1, 0.15) is 11.3 Å². The number of nitrogens with two attached hydrogens (primary N) is 2. The molecule has 1 aliphatic carbocycles. The zero-order chi connectivity index (χ0) is 20.5. The number of anilines is 3. The minimum Gasteiger partial charge on any atom is -0.377 e. The predicted octanol–water partition coefficient (Wildman–Crippen LogP) is 2.63. The summed E-state index contributed by atoms with van der Waals surface area (Å²) in [6.07, 6.45) is 6.95. The van der Waals surface area contributed by atoms with Crippen molar-refractivity contribution < 1.29 is 9.18 Å². The molecule has 29 heavy (non-hydrogen) atoms. The zero-order valence-electron chi connectivity index (χ0n) is 16.2. The Hall–Kier alpha value is -3.20. The summed E-state index contributed by atoms with van der Waals surface area (Å²) in [5, 5.41) is 6.36. The van der Waals surface area contributed by atoms with E-state index in [0.29, 0.717) is 11.2 Å². The smallest absolute Gasteiger partial charge is 0.252 e. The largest absolute Gasteiger partial charge is 0.377 e. The first-order valence-electron chi connectivity index (χ1n) is 9.63. The van der Waals surface area contributed by atoms with Gasteiger partial charge >= 0.3 is 0 Å². The van der Waals surface area contributed by atoms with Crippen molar-refractivity contribution in [1.82, 2.24) is 14.5 Å². The van der Waals surface area contributed by atoms with Gasteiger partial charge in [-0.25, -0.2) is 14.4 Å². The molecule has 0 aliphatic heterocycles. The van der Waals surface area contributed by atoms with E-state index < -0.39 is 11.7 Å². The highest BCUT2D eigenvalue weighted by molar-refractivity contribution is 5.99. The van der Waals surface area contributed by atoms with E-state index >= 15 is 4.39 Å². The van der Waals surface area contributed by atoms with E-state index in [0.717, 1.165) is 25.7 Å². The van der Waals surface area contributed by atoms with Gasteiger partial charge in [0.15, 0.2) is 5.82 Å². The van der Waals surface area contributed by atoms with Gasteiger partial charge in [0.05, 0.1) is 28.8 Å². The van der Waals surface area contributed by atoms with Crippen molar-refractivity contribution in [1.29, 1.82) is 0 Å². The number of nitrogens with zero attached hydrogens (tertiary/aromatic N) is 3. The van der Waals surface area contributed by atoms with Gasteiger partial charge in [0.2, 0.25) is 0 Å². The molecule has 2 unspecified atom stereocenters. The van der Waals surface area contributed by atoms with Crippen LogP contribution in [0.25, 0.3) is 11.0 Å². The first-order chi connectivity index (χ1) is 14.0. The maximum Gasteiger partial charge on any atom is 0.252 e. The Labute approximate surface area is 167 Å². The van der Waals surface area contributed by atoms with Crippen molar-refractivity contribution in [2.45, 2.75) is 37.8 Å². The monoisotopic (exact) mass is 397 g/mol. The van der Waals surface area contributed by atoms with E-state index in [1.54, 1.807) is 36.1 Å². The van der Waals surface area contributed by atoms with Gasteiger partial charge in [-0.3, -0.25) is 4.79 Å². The normalized spacial score (nSPS) is 19.3. The van der Waals surface area contributed by atoms with Crippen LogP contribution in [0.15, 0.2) is 30.7 Å². The molecular weight excluding hydrogens is 373 g/mol. The van der Waals surface area contributed by atoms with Crippen molar-refractivity contribution in [3.63, 3.8) is 0 Å². The number of aromatic nitrogens is 3. The third-order valence-corrected chi connectivity index (χ3v) is 5.44. The summed E-state index contributed by atoms with van der Waals surface area (Å²) in [6, 6.07) is 4.85. The number of benzene rings is 1. The predicted molar refractivity (Wildman–Crippen MR) is 111 cm³/mol. The zero-order valence-corrected chi connectivity index (χ0v) is 16.2. The quantitative estimate of drug-likeness (QED) is 0.525. The molecular formula is C20H24FN7O. The number of hydrogen-bond donors (Lipinski definition) is 4. The fourth-order valence-corrected chi connectivity index (χ4v) is 3.82. The Morgan fingerprint density at radius 3 is 2.86 bits per heavy atom. The van der Waals surface area contributed by atoms with Crippen molar-refractivity contribution in [2.75, 3.05) is 10.6 Å². The molecule has 2 aromatic heterocycles. The highest BCUT2D eigenvalue weighted by atomic mass is 19.1. The van der Waals surface area contributed by atoms with Crippen LogP contribution in [0.1, 0.15) is 36.0 Å². The summed E-state index contributed by atoms with van der Waals surface area (Å²) in [7, 11) is 1.79. The molecule has 0 bridgehead atoms. The molecule has 1 fully saturated rings. The second-order valence-electron chi connectivity index (χ2n) is 7.42. The number of pyridine rings is 1. The van der Waals surface area contributed by atoms with E-state index in [1.807, 2.05) is 0 Å². The Balaban J connectivity index is 1.81. The SMILES string of the molecule is Cn1cnc2c(F)c(NC3CCCCC3N)c(Nc3ncccc3C(N)=O)cc21. The van der Waals surface area contributed by atoms with Gasteiger partial charge in [-0.1, -0.05) is 12.8 Å². The number of hydrogen-bond acceptors (Lipinski definition) is 6. The highest BCUT2D eigenvalue weighted by Gasteiger charge is 2.26. The molecule has 0 saturated heterocycles. The topological polar surface area (TPSA) is 124 Å². The fourth-order valence-electron chi connectivity index (χ4n) is 3.82. The minimum atomic E-state index is -0.619. The van der Waals surface area contributed by atoms with Crippen LogP contribution < -0.4 is 22.1 Å². The van der Waals surface area contributed by atoms with E-state index in [4.69, 9.17) is 11.5 Å². The number of primary amides is 1. The van der Waals surface area contributed by atoms with Gasteiger partial charge in [-0.2, -0.15) is 0 Å². The van der Waals surface area contributed by atoms with Crippen LogP contribution in [0.2, 0.25) is 0 Å². The second kappa shape index (κ2) is 7.67. The molecule has 8 nitrogen and oxygen atoms in total. The van der Waals surface area contributed by atoms with Crippen molar-refractivity contribution in [2.24, 2.45) is 18.5 Å². The lowest BCUT2D eigenvalue weighted by atomic mass is 9.90. The summed E-state index contributed by atoms with van der Waals surface area (Å²) >= 11 is 0. The summed E-state index contributed by atoms with van der Waals surface area (Å²) < 4.78 is 17.2. The van der Waals surface area contributed by atoms with Gasteiger partial charge in [-0.05, 0) is 31.0 Å². The molecule has 1 aromatic carbocycles. The molecule has 0 radical (unpaired) electrons. The van der Waals surface area contributed by atoms with E-state index in [1.165, 1.54) is 6.20 Å². The van der Waals surface area contributed by atoms with Crippen LogP contribution in [0.4, 0.5) is 21.6 Å². The average molecular weight is 397 g/mol. The van der Waals surface area contributed by atoms with Crippen molar-refractivity contribution in [3.8, 4) is 0 Å². The number of rotatable bonds is 5. The Morgan fingerprint density at radius 2 is 2.10 bits per heavy atom. The molecule has 152 valence electrons. The molecule has 1 saturated carbocycles. The van der Waals surface area contributed by atoms with E-state index in [9.17, 15) is 4.79 Å². The van der Waals surface area contributed by atoms with Crippen LogP contribution in [0.3, 0.4) is 0 Å². The first kappa shape index (κ1) is 19.1. The van der Waals surface area contributed by atoms with Gasteiger partial charge in [0, 0.05) is 25.3 Å². The Morgan fingerprint density at radius 1 is 1.31 bits per heavy atom. The lowest BCUT2D eigenvalue weighted by molar-refractivity contribution is 0.100. The molecule has 0 spiro atoms. The van der Waals surface area contributed by atoms with E-state index in [2.05, 4.69) is 20.6 Å². The summed E-state index contributed by atoms with van der Waals surface area (Å²) in [6.45, 7) is 0. The van der Waals surface area contributed by atoms with Gasteiger partial charge in [0.25, 0.3) is 5.91 Å². The number of carbonyl (C=O) groups is 1. The number of halogens is 1. The van der Waals surface area contributed by atoms with Crippen molar-refractivity contribution >= 4 is 34.1 Å². The maximum absolute atomic E-state index is 15.5. The Kier molecular flexibility index (Phi) is 5.06. The first-order valence-corrected chi connectivity index (χ1v) is 9.63.